The fourth-order valence-electron chi connectivity index (χ4n) is 4.70. The number of primary amides is 1. The number of allylic oxidation sites excluding steroid dienone is 1. The number of benzene rings is 2. The van der Waals surface area contributed by atoms with Crippen molar-refractivity contribution in [3.05, 3.63) is 78.4 Å². The molecule has 3 rings (SSSR count). The maximum Gasteiger partial charge on any atom is 0.272 e. The Hall–Kier alpha value is -3.74. The van der Waals surface area contributed by atoms with Crippen LogP contribution in [0.3, 0.4) is 0 Å². The van der Waals surface area contributed by atoms with Gasteiger partial charge in [-0.1, -0.05) is 68.5 Å². The maximum absolute atomic E-state index is 13.8. The van der Waals surface area contributed by atoms with E-state index in [1.54, 1.807) is 11.0 Å². The van der Waals surface area contributed by atoms with E-state index in [-0.39, 0.29) is 24.3 Å². The van der Waals surface area contributed by atoms with Crippen molar-refractivity contribution in [2.24, 2.45) is 28.5 Å². The molecule has 0 fully saturated rings. The number of carbonyl (C=O) groups is 3. The number of hydrogen-bond acceptors (Lipinski definition) is 4. The number of fused-ring (bicyclic) bond motifs is 1. The number of amides is 3. The Morgan fingerprint density at radius 1 is 1.06 bits per heavy atom. The van der Waals surface area contributed by atoms with Crippen molar-refractivity contribution in [3.8, 4) is 0 Å². The second-order valence-corrected chi connectivity index (χ2v) is 9.84. The number of nitrogens with one attached hydrogen (secondary N) is 1. The minimum Gasteiger partial charge on any atom is -0.369 e. The van der Waals surface area contributed by atoms with Gasteiger partial charge in [-0.25, -0.2) is 4.99 Å². The molecule has 3 amide bonds. The van der Waals surface area contributed by atoms with E-state index >= 15 is 0 Å². The SMILES string of the molecule is C=CC[C@H](C(N)=O)[C@@H](CC(C)C)C(=O)N[C@H]1N=C(c2ccccc2)c2ccccc2N(C(C)C)C1=O. The van der Waals surface area contributed by atoms with Crippen LogP contribution in [0.2, 0.25) is 0 Å². The van der Waals surface area contributed by atoms with E-state index < -0.39 is 29.8 Å². The number of carbonyl (C=O) groups excluding carboxylic acids is 3. The van der Waals surface area contributed by atoms with Crippen LogP contribution in [-0.4, -0.2) is 35.6 Å². The molecule has 1 aliphatic rings. The van der Waals surface area contributed by atoms with Crippen molar-refractivity contribution in [3.63, 3.8) is 0 Å². The van der Waals surface area contributed by atoms with Gasteiger partial charge in [-0.05, 0) is 38.7 Å². The molecule has 3 atom stereocenters. The molecule has 7 nitrogen and oxygen atoms in total. The number of aliphatic imine (C=N–C) groups is 1. The Labute approximate surface area is 213 Å². The highest BCUT2D eigenvalue weighted by Gasteiger charge is 2.38. The van der Waals surface area contributed by atoms with Crippen molar-refractivity contribution in [2.45, 2.75) is 52.7 Å². The highest BCUT2D eigenvalue weighted by atomic mass is 16.2. The summed E-state index contributed by atoms with van der Waals surface area (Å²) in [6.45, 7) is 11.5. The molecular weight excluding hydrogens is 452 g/mol. The topological polar surface area (TPSA) is 105 Å². The zero-order valence-corrected chi connectivity index (χ0v) is 21.5. The third-order valence-corrected chi connectivity index (χ3v) is 6.32. The van der Waals surface area contributed by atoms with E-state index in [1.807, 2.05) is 82.3 Å². The fraction of sp³-hybridized carbons (Fsp3) is 0.379. The van der Waals surface area contributed by atoms with Crippen LogP contribution in [0.25, 0.3) is 0 Å². The van der Waals surface area contributed by atoms with Gasteiger partial charge in [-0.15, -0.1) is 6.58 Å². The van der Waals surface area contributed by atoms with Crippen molar-refractivity contribution in [1.82, 2.24) is 5.32 Å². The van der Waals surface area contributed by atoms with Gasteiger partial charge in [0.25, 0.3) is 5.91 Å². The summed E-state index contributed by atoms with van der Waals surface area (Å²) in [5, 5.41) is 2.87. The van der Waals surface area contributed by atoms with E-state index in [4.69, 9.17) is 10.7 Å². The number of para-hydroxylation sites is 1. The Kier molecular flexibility index (Phi) is 8.80. The van der Waals surface area contributed by atoms with Crippen LogP contribution >= 0.6 is 0 Å². The predicted molar refractivity (Wildman–Crippen MR) is 144 cm³/mol. The summed E-state index contributed by atoms with van der Waals surface area (Å²) < 4.78 is 0. The Balaban J connectivity index is 2.10. The Bertz CT molecular complexity index is 1140. The average molecular weight is 489 g/mol. The van der Waals surface area contributed by atoms with E-state index in [2.05, 4.69) is 11.9 Å². The van der Waals surface area contributed by atoms with Crippen LogP contribution in [0, 0.1) is 17.8 Å². The average Bonchev–Trinajstić information content (AvgIpc) is 2.96. The van der Waals surface area contributed by atoms with Crippen molar-refractivity contribution < 1.29 is 14.4 Å². The normalized spacial score (nSPS) is 17.2. The molecule has 0 radical (unpaired) electrons. The molecule has 0 saturated heterocycles. The molecule has 190 valence electrons. The van der Waals surface area contributed by atoms with Gasteiger partial charge in [0, 0.05) is 17.2 Å². The third kappa shape index (κ3) is 5.90. The minimum absolute atomic E-state index is 0.136. The number of anilines is 1. The number of benzodiazepines with no additional fused rings is 1. The van der Waals surface area contributed by atoms with Crippen LogP contribution in [0.4, 0.5) is 5.69 Å². The Morgan fingerprint density at radius 3 is 2.28 bits per heavy atom. The van der Waals surface area contributed by atoms with Gasteiger partial charge in [-0.3, -0.25) is 14.4 Å². The van der Waals surface area contributed by atoms with Gasteiger partial charge < -0.3 is 16.0 Å². The fourth-order valence-corrected chi connectivity index (χ4v) is 4.70. The molecule has 7 heteroatoms. The first-order valence-electron chi connectivity index (χ1n) is 12.4. The summed E-state index contributed by atoms with van der Waals surface area (Å²) in [4.78, 5) is 46.2. The molecule has 0 aromatic heterocycles. The monoisotopic (exact) mass is 488 g/mol. The first-order chi connectivity index (χ1) is 17.1. The highest BCUT2D eigenvalue weighted by Crippen LogP contribution is 2.30. The molecule has 2 aromatic rings. The number of rotatable bonds is 10. The first-order valence-corrected chi connectivity index (χ1v) is 12.4. The van der Waals surface area contributed by atoms with Gasteiger partial charge in [0.2, 0.25) is 18.0 Å². The minimum atomic E-state index is -1.16. The molecule has 2 aromatic carbocycles. The smallest absolute Gasteiger partial charge is 0.272 e. The molecular formula is C29H36N4O3. The molecule has 0 saturated carbocycles. The summed E-state index contributed by atoms with van der Waals surface area (Å²) in [6, 6.07) is 17.0. The van der Waals surface area contributed by atoms with Crippen LogP contribution < -0.4 is 16.0 Å². The summed E-state index contributed by atoms with van der Waals surface area (Å²) in [5.41, 5.74) is 8.67. The predicted octanol–water partition coefficient (Wildman–Crippen LogP) is 4.06. The van der Waals surface area contributed by atoms with E-state index in [9.17, 15) is 14.4 Å². The van der Waals surface area contributed by atoms with E-state index in [0.717, 1.165) is 16.8 Å². The van der Waals surface area contributed by atoms with Crippen LogP contribution in [0.1, 0.15) is 51.7 Å². The lowest BCUT2D eigenvalue weighted by Crippen LogP contribution is -2.52. The lowest BCUT2D eigenvalue weighted by atomic mass is 9.82. The second kappa shape index (κ2) is 11.8. The zero-order chi connectivity index (χ0) is 26.4. The molecule has 36 heavy (non-hydrogen) atoms. The summed E-state index contributed by atoms with van der Waals surface area (Å²) in [5.74, 6) is -2.61. The molecule has 0 spiro atoms. The van der Waals surface area contributed by atoms with Crippen LogP contribution in [-0.2, 0) is 14.4 Å². The molecule has 1 aliphatic heterocycles. The van der Waals surface area contributed by atoms with Gasteiger partial charge in [0.1, 0.15) is 0 Å². The van der Waals surface area contributed by atoms with Gasteiger partial charge in [-0.2, -0.15) is 0 Å². The number of hydrogen-bond donors (Lipinski definition) is 2. The third-order valence-electron chi connectivity index (χ3n) is 6.32. The van der Waals surface area contributed by atoms with E-state index in [0.29, 0.717) is 12.1 Å². The largest absolute Gasteiger partial charge is 0.369 e. The van der Waals surface area contributed by atoms with Crippen LogP contribution in [0.5, 0.6) is 0 Å². The standard InChI is InChI=1S/C29H36N4O3/c1-6-12-21(26(30)34)23(17-18(2)3)28(35)32-27-29(36)33(19(4)5)24-16-11-10-15-22(24)25(31-27)20-13-8-7-9-14-20/h6-11,13-16,18-19,21,23,27H,1,12,17H2,2-5H3,(H2,30,34)(H,32,35)/t21-,23+,27+/m0/s1. The lowest BCUT2D eigenvalue weighted by molar-refractivity contribution is -0.135. The van der Waals surface area contributed by atoms with Crippen molar-refractivity contribution in [2.75, 3.05) is 4.90 Å². The zero-order valence-electron chi connectivity index (χ0n) is 21.5. The van der Waals surface area contributed by atoms with E-state index in [1.165, 1.54) is 0 Å². The molecule has 0 unspecified atom stereocenters. The quantitative estimate of drug-likeness (QED) is 0.493. The summed E-state index contributed by atoms with van der Waals surface area (Å²) >= 11 is 0. The second-order valence-electron chi connectivity index (χ2n) is 9.84. The highest BCUT2D eigenvalue weighted by molar-refractivity contribution is 6.20. The molecule has 1 heterocycles. The number of nitrogens with two attached hydrogens (primary N) is 1. The van der Waals surface area contributed by atoms with Crippen LogP contribution in [0.15, 0.2) is 72.2 Å². The summed E-state index contributed by atoms with van der Waals surface area (Å²) in [6.07, 6.45) is 1.16. The molecule has 0 aliphatic carbocycles. The van der Waals surface area contributed by atoms with Crippen molar-refractivity contribution in [1.29, 1.82) is 0 Å². The molecule has 3 N–H and O–H groups in total. The first kappa shape index (κ1) is 26.9. The summed E-state index contributed by atoms with van der Waals surface area (Å²) in [7, 11) is 0. The lowest BCUT2D eigenvalue weighted by Gasteiger charge is -2.30. The van der Waals surface area contributed by atoms with Gasteiger partial charge >= 0.3 is 0 Å². The van der Waals surface area contributed by atoms with Crippen molar-refractivity contribution >= 4 is 29.1 Å². The van der Waals surface area contributed by atoms with Gasteiger partial charge in [0.15, 0.2) is 0 Å². The molecule has 0 bridgehead atoms. The van der Waals surface area contributed by atoms with Gasteiger partial charge in [0.05, 0.1) is 23.2 Å². The number of nitrogens with zero attached hydrogens (tertiary/aromatic N) is 2. The maximum atomic E-state index is 13.8. The Morgan fingerprint density at radius 2 is 1.69 bits per heavy atom.